The predicted octanol–water partition coefficient (Wildman–Crippen LogP) is 4.99. The Balaban J connectivity index is 1.67. The van der Waals surface area contributed by atoms with Gasteiger partial charge in [0.1, 0.15) is 5.82 Å². The molecule has 1 aromatic heterocycles. The van der Waals surface area contributed by atoms with Crippen molar-refractivity contribution in [1.82, 2.24) is 14.5 Å². The molecule has 0 aliphatic carbocycles. The standard InChI is InChI=1S/C24H31N3O/c1-4-18(2)21-11-9-20(10-12-21)17-27-23-8-6-5-7-22(23)25-24(27)19(3)26-13-15-28-16-14-26/h5-12,18-19H,4,13-17H2,1-3H3. The maximum absolute atomic E-state index is 5.54. The van der Waals surface area contributed by atoms with Crippen LogP contribution in [0.4, 0.5) is 0 Å². The first kappa shape index (κ1) is 19.2. The summed E-state index contributed by atoms with van der Waals surface area (Å²) in [6.07, 6.45) is 1.17. The van der Waals surface area contributed by atoms with Crippen LogP contribution in [-0.2, 0) is 11.3 Å². The summed E-state index contributed by atoms with van der Waals surface area (Å²) in [5.41, 5.74) is 5.03. The molecule has 148 valence electrons. The van der Waals surface area contributed by atoms with Gasteiger partial charge in [-0.05, 0) is 42.5 Å². The van der Waals surface area contributed by atoms with E-state index in [2.05, 4.69) is 78.8 Å². The van der Waals surface area contributed by atoms with E-state index >= 15 is 0 Å². The van der Waals surface area contributed by atoms with Crippen molar-refractivity contribution in [3.05, 3.63) is 65.5 Å². The van der Waals surface area contributed by atoms with Gasteiger partial charge in [0.15, 0.2) is 0 Å². The van der Waals surface area contributed by atoms with Gasteiger partial charge in [0.2, 0.25) is 0 Å². The second kappa shape index (κ2) is 8.46. The zero-order valence-electron chi connectivity index (χ0n) is 17.3. The number of ether oxygens (including phenoxy) is 1. The van der Waals surface area contributed by atoms with Crippen LogP contribution >= 0.6 is 0 Å². The Hall–Kier alpha value is -2.17. The normalized spacial score (nSPS) is 17.7. The number of rotatable bonds is 6. The van der Waals surface area contributed by atoms with Gasteiger partial charge in [-0.3, -0.25) is 4.90 Å². The topological polar surface area (TPSA) is 30.3 Å². The highest BCUT2D eigenvalue weighted by atomic mass is 16.5. The van der Waals surface area contributed by atoms with E-state index in [1.807, 2.05) is 0 Å². The maximum atomic E-state index is 5.54. The summed E-state index contributed by atoms with van der Waals surface area (Å²) >= 11 is 0. The first-order chi connectivity index (χ1) is 13.7. The molecule has 1 fully saturated rings. The lowest BCUT2D eigenvalue weighted by Crippen LogP contribution is -2.39. The fourth-order valence-corrected chi connectivity index (χ4v) is 4.08. The van der Waals surface area contributed by atoms with Crippen molar-refractivity contribution in [3.63, 3.8) is 0 Å². The molecule has 2 heterocycles. The first-order valence-corrected chi connectivity index (χ1v) is 10.5. The van der Waals surface area contributed by atoms with Gasteiger partial charge in [-0.1, -0.05) is 50.2 Å². The summed E-state index contributed by atoms with van der Waals surface area (Å²) < 4.78 is 7.94. The number of para-hydroxylation sites is 2. The number of aromatic nitrogens is 2. The van der Waals surface area contributed by atoms with Gasteiger partial charge in [-0.25, -0.2) is 4.98 Å². The van der Waals surface area contributed by atoms with E-state index in [4.69, 9.17) is 9.72 Å². The maximum Gasteiger partial charge on any atom is 0.127 e. The molecule has 0 spiro atoms. The van der Waals surface area contributed by atoms with Crippen molar-refractivity contribution in [2.24, 2.45) is 0 Å². The van der Waals surface area contributed by atoms with Crippen LogP contribution in [0.25, 0.3) is 11.0 Å². The molecule has 0 amide bonds. The number of hydrogen-bond donors (Lipinski definition) is 0. The van der Waals surface area contributed by atoms with E-state index in [0.717, 1.165) is 44.2 Å². The molecule has 1 aliphatic rings. The predicted molar refractivity (Wildman–Crippen MR) is 115 cm³/mol. The summed E-state index contributed by atoms with van der Waals surface area (Å²) in [5, 5.41) is 0. The Morgan fingerprint density at radius 2 is 1.71 bits per heavy atom. The Kier molecular flexibility index (Phi) is 5.79. The Morgan fingerprint density at radius 1 is 1.00 bits per heavy atom. The number of fused-ring (bicyclic) bond motifs is 1. The van der Waals surface area contributed by atoms with E-state index < -0.39 is 0 Å². The van der Waals surface area contributed by atoms with Crippen molar-refractivity contribution >= 4 is 11.0 Å². The van der Waals surface area contributed by atoms with E-state index in [0.29, 0.717) is 5.92 Å². The van der Waals surface area contributed by atoms with Gasteiger partial charge < -0.3 is 9.30 Å². The van der Waals surface area contributed by atoms with Gasteiger partial charge >= 0.3 is 0 Å². The quantitative estimate of drug-likeness (QED) is 0.606. The van der Waals surface area contributed by atoms with Crippen LogP contribution in [0, 0.1) is 0 Å². The van der Waals surface area contributed by atoms with Crippen LogP contribution in [0.5, 0.6) is 0 Å². The van der Waals surface area contributed by atoms with Crippen LogP contribution in [0.2, 0.25) is 0 Å². The van der Waals surface area contributed by atoms with E-state index in [1.54, 1.807) is 0 Å². The molecule has 0 saturated carbocycles. The lowest BCUT2D eigenvalue weighted by atomic mass is 9.97. The summed E-state index contributed by atoms with van der Waals surface area (Å²) in [7, 11) is 0. The highest BCUT2D eigenvalue weighted by Crippen LogP contribution is 2.27. The minimum Gasteiger partial charge on any atom is -0.379 e. The molecule has 0 N–H and O–H groups in total. The minimum atomic E-state index is 0.274. The lowest BCUT2D eigenvalue weighted by molar-refractivity contribution is 0.0177. The van der Waals surface area contributed by atoms with Gasteiger partial charge in [-0.2, -0.15) is 0 Å². The van der Waals surface area contributed by atoms with Crippen molar-refractivity contribution in [2.45, 2.75) is 45.7 Å². The van der Waals surface area contributed by atoms with Crippen LogP contribution in [0.15, 0.2) is 48.5 Å². The molecule has 4 nitrogen and oxygen atoms in total. The van der Waals surface area contributed by atoms with Crippen molar-refractivity contribution < 1.29 is 4.74 Å². The average Bonchev–Trinajstić information content (AvgIpc) is 3.12. The van der Waals surface area contributed by atoms with Crippen LogP contribution < -0.4 is 0 Å². The molecule has 2 unspecified atom stereocenters. The summed E-state index contributed by atoms with van der Waals surface area (Å²) in [6.45, 7) is 11.2. The number of hydrogen-bond acceptors (Lipinski definition) is 3. The molecule has 2 aromatic carbocycles. The Labute approximate surface area is 168 Å². The van der Waals surface area contributed by atoms with E-state index in [9.17, 15) is 0 Å². The van der Waals surface area contributed by atoms with Crippen molar-refractivity contribution in [2.75, 3.05) is 26.3 Å². The van der Waals surface area contributed by atoms with Gasteiger partial charge in [0, 0.05) is 19.6 Å². The molecular weight excluding hydrogens is 346 g/mol. The summed E-state index contributed by atoms with van der Waals surface area (Å²) in [5.74, 6) is 1.76. The molecular formula is C24H31N3O. The smallest absolute Gasteiger partial charge is 0.127 e. The molecule has 28 heavy (non-hydrogen) atoms. The Bertz CT molecular complexity index is 909. The first-order valence-electron chi connectivity index (χ1n) is 10.5. The van der Waals surface area contributed by atoms with E-state index in [-0.39, 0.29) is 6.04 Å². The zero-order valence-corrected chi connectivity index (χ0v) is 17.3. The van der Waals surface area contributed by atoms with Crippen LogP contribution in [-0.4, -0.2) is 40.8 Å². The molecule has 4 rings (SSSR count). The van der Waals surface area contributed by atoms with Crippen molar-refractivity contribution in [3.8, 4) is 0 Å². The second-order valence-electron chi connectivity index (χ2n) is 7.92. The van der Waals surface area contributed by atoms with Gasteiger partial charge in [0.05, 0.1) is 30.3 Å². The highest BCUT2D eigenvalue weighted by molar-refractivity contribution is 5.76. The van der Waals surface area contributed by atoms with Gasteiger partial charge in [-0.15, -0.1) is 0 Å². The number of morpholine rings is 1. The fourth-order valence-electron chi connectivity index (χ4n) is 4.08. The molecule has 1 saturated heterocycles. The fraction of sp³-hybridized carbons (Fsp3) is 0.458. The number of nitrogens with zero attached hydrogens (tertiary/aromatic N) is 3. The van der Waals surface area contributed by atoms with Crippen LogP contribution in [0.1, 0.15) is 56.1 Å². The zero-order chi connectivity index (χ0) is 19.5. The SMILES string of the molecule is CCC(C)c1ccc(Cn2c(C(C)N3CCOCC3)nc3ccccc32)cc1. The average molecular weight is 378 g/mol. The molecule has 3 aromatic rings. The molecule has 0 bridgehead atoms. The molecule has 1 aliphatic heterocycles. The molecule has 2 atom stereocenters. The van der Waals surface area contributed by atoms with Crippen molar-refractivity contribution in [1.29, 1.82) is 0 Å². The number of benzene rings is 2. The third kappa shape index (κ3) is 3.85. The molecule has 0 radical (unpaired) electrons. The highest BCUT2D eigenvalue weighted by Gasteiger charge is 2.24. The van der Waals surface area contributed by atoms with Crippen LogP contribution in [0.3, 0.4) is 0 Å². The monoisotopic (exact) mass is 377 g/mol. The number of imidazole rings is 1. The van der Waals surface area contributed by atoms with E-state index in [1.165, 1.54) is 23.1 Å². The summed E-state index contributed by atoms with van der Waals surface area (Å²) in [4.78, 5) is 7.50. The second-order valence-corrected chi connectivity index (χ2v) is 7.92. The third-order valence-corrected chi connectivity index (χ3v) is 6.15. The third-order valence-electron chi connectivity index (χ3n) is 6.15. The minimum absolute atomic E-state index is 0.274. The Morgan fingerprint density at radius 3 is 2.43 bits per heavy atom. The van der Waals surface area contributed by atoms with Gasteiger partial charge in [0.25, 0.3) is 0 Å². The summed E-state index contributed by atoms with van der Waals surface area (Å²) in [6, 6.07) is 17.9. The lowest BCUT2D eigenvalue weighted by Gasteiger charge is -2.32. The largest absolute Gasteiger partial charge is 0.379 e. The molecule has 4 heteroatoms.